The average Bonchev–Trinajstić information content (AvgIpc) is 2.84. The third-order valence-corrected chi connectivity index (χ3v) is 2.69. The van der Waals surface area contributed by atoms with E-state index in [9.17, 15) is 0 Å². The highest BCUT2D eigenvalue weighted by Gasteiger charge is 2.00. The van der Waals surface area contributed by atoms with Crippen LogP contribution in [0.3, 0.4) is 0 Å². The van der Waals surface area contributed by atoms with Crippen molar-refractivity contribution in [2.75, 3.05) is 0 Å². The van der Waals surface area contributed by atoms with Gasteiger partial charge in [-0.05, 0) is 23.8 Å². The Labute approximate surface area is 105 Å². The van der Waals surface area contributed by atoms with E-state index in [2.05, 4.69) is 21.4 Å². The van der Waals surface area contributed by atoms with Gasteiger partial charge in [-0.3, -0.25) is 4.98 Å². The van der Waals surface area contributed by atoms with Gasteiger partial charge in [-0.1, -0.05) is 35.6 Å². The van der Waals surface area contributed by atoms with Crippen LogP contribution in [0.5, 0.6) is 0 Å². The molecule has 0 saturated carbocycles. The van der Waals surface area contributed by atoms with Crippen molar-refractivity contribution in [1.29, 1.82) is 0 Å². The maximum Gasteiger partial charge on any atom is 0.113 e. The molecule has 3 aromatic rings. The van der Waals surface area contributed by atoms with Crippen LogP contribution < -0.4 is 0 Å². The Morgan fingerprint density at radius 1 is 1.11 bits per heavy atom. The first-order chi connectivity index (χ1) is 8.93. The summed E-state index contributed by atoms with van der Waals surface area (Å²) in [6.45, 7) is 0.704. The van der Waals surface area contributed by atoms with E-state index in [0.29, 0.717) is 6.54 Å². The van der Waals surface area contributed by atoms with Crippen LogP contribution in [-0.2, 0) is 6.54 Å². The first-order valence-electron chi connectivity index (χ1n) is 5.78. The number of allylic oxidation sites excluding steroid dienone is 1. The molecule has 0 spiro atoms. The zero-order valence-electron chi connectivity index (χ0n) is 9.77. The van der Waals surface area contributed by atoms with E-state index in [4.69, 9.17) is 0 Å². The number of hydrogen-bond donors (Lipinski definition) is 0. The van der Waals surface area contributed by atoms with Crippen molar-refractivity contribution in [3.63, 3.8) is 0 Å². The number of hydrogen-bond acceptors (Lipinski definition) is 3. The van der Waals surface area contributed by atoms with Gasteiger partial charge >= 0.3 is 0 Å². The molecule has 4 nitrogen and oxygen atoms in total. The lowest BCUT2D eigenvalue weighted by Gasteiger charge is -1.96. The van der Waals surface area contributed by atoms with Gasteiger partial charge in [0.15, 0.2) is 0 Å². The summed E-state index contributed by atoms with van der Waals surface area (Å²) < 4.78 is 1.88. The molecule has 2 heterocycles. The monoisotopic (exact) mass is 236 g/mol. The highest BCUT2D eigenvalue weighted by molar-refractivity contribution is 5.73. The van der Waals surface area contributed by atoms with Crippen LogP contribution >= 0.6 is 0 Å². The van der Waals surface area contributed by atoms with Crippen LogP contribution in [0.1, 0.15) is 5.56 Å². The second-order valence-electron chi connectivity index (χ2n) is 3.95. The number of para-hydroxylation sites is 1. The maximum absolute atomic E-state index is 4.13. The highest BCUT2D eigenvalue weighted by Crippen LogP contribution is 2.09. The SMILES string of the molecule is C(=C\c1cccnc1)/Cn1nnc2ccccc21. The molecule has 4 heteroatoms. The van der Waals surface area contributed by atoms with Crippen LogP contribution in [0.15, 0.2) is 54.9 Å². The van der Waals surface area contributed by atoms with Gasteiger partial charge in [0, 0.05) is 12.4 Å². The van der Waals surface area contributed by atoms with Gasteiger partial charge in [0.2, 0.25) is 0 Å². The molecular weight excluding hydrogens is 224 g/mol. The topological polar surface area (TPSA) is 43.6 Å². The Hall–Kier alpha value is -2.49. The van der Waals surface area contributed by atoms with Gasteiger partial charge in [0.25, 0.3) is 0 Å². The average molecular weight is 236 g/mol. The van der Waals surface area contributed by atoms with E-state index >= 15 is 0 Å². The first kappa shape index (κ1) is 10.7. The summed E-state index contributed by atoms with van der Waals surface area (Å²) in [6.07, 6.45) is 7.68. The molecule has 0 aliphatic rings. The van der Waals surface area contributed by atoms with E-state index in [1.807, 2.05) is 53.4 Å². The lowest BCUT2D eigenvalue weighted by molar-refractivity contribution is 0.683. The minimum absolute atomic E-state index is 0.704. The van der Waals surface area contributed by atoms with Gasteiger partial charge in [-0.15, -0.1) is 5.10 Å². The minimum Gasteiger partial charge on any atom is -0.264 e. The largest absolute Gasteiger partial charge is 0.264 e. The highest BCUT2D eigenvalue weighted by atomic mass is 15.4. The number of nitrogens with zero attached hydrogens (tertiary/aromatic N) is 4. The number of rotatable bonds is 3. The van der Waals surface area contributed by atoms with Crippen LogP contribution in [0.25, 0.3) is 17.1 Å². The Bertz CT molecular complexity index is 670. The molecular formula is C14H12N4. The van der Waals surface area contributed by atoms with E-state index in [1.165, 1.54) is 0 Å². The first-order valence-corrected chi connectivity index (χ1v) is 5.78. The predicted octanol–water partition coefficient (Wildman–Crippen LogP) is 2.54. The van der Waals surface area contributed by atoms with E-state index < -0.39 is 0 Å². The Balaban J connectivity index is 1.79. The molecule has 0 N–H and O–H groups in total. The second kappa shape index (κ2) is 4.79. The molecule has 0 atom stereocenters. The summed E-state index contributed by atoms with van der Waals surface area (Å²) in [6, 6.07) is 11.9. The number of fused-ring (bicyclic) bond motifs is 1. The normalized spacial score (nSPS) is 11.3. The number of pyridine rings is 1. The zero-order valence-corrected chi connectivity index (χ0v) is 9.77. The fraction of sp³-hybridized carbons (Fsp3) is 0.0714. The second-order valence-corrected chi connectivity index (χ2v) is 3.95. The predicted molar refractivity (Wildman–Crippen MR) is 70.8 cm³/mol. The van der Waals surface area contributed by atoms with Crippen molar-refractivity contribution in [3.05, 3.63) is 60.4 Å². The van der Waals surface area contributed by atoms with Gasteiger partial charge in [-0.2, -0.15) is 0 Å². The van der Waals surface area contributed by atoms with E-state index in [1.54, 1.807) is 6.20 Å². The van der Waals surface area contributed by atoms with E-state index in [-0.39, 0.29) is 0 Å². The molecule has 3 rings (SSSR count). The summed E-state index contributed by atoms with van der Waals surface area (Å²) >= 11 is 0. The molecule has 0 bridgehead atoms. The molecule has 88 valence electrons. The van der Waals surface area contributed by atoms with Crippen molar-refractivity contribution in [3.8, 4) is 0 Å². The third kappa shape index (κ3) is 2.13. The Kier molecular flexibility index (Phi) is 2.84. The third-order valence-electron chi connectivity index (χ3n) is 2.69. The summed E-state index contributed by atoms with van der Waals surface area (Å²) in [4.78, 5) is 4.06. The molecule has 0 amide bonds. The molecule has 1 aromatic carbocycles. The lowest BCUT2D eigenvalue weighted by Crippen LogP contribution is -1.97. The van der Waals surface area contributed by atoms with Gasteiger partial charge in [0.05, 0.1) is 12.1 Å². The number of aromatic nitrogens is 4. The van der Waals surface area contributed by atoms with Crippen LogP contribution in [-0.4, -0.2) is 20.0 Å². The van der Waals surface area contributed by atoms with Gasteiger partial charge < -0.3 is 0 Å². The maximum atomic E-state index is 4.13. The van der Waals surface area contributed by atoms with Crippen molar-refractivity contribution in [2.24, 2.45) is 0 Å². The van der Waals surface area contributed by atoms with Crippen LogP contribution in [0.4, 0.5) is 0 Å². The quantitative estimate of drug-likeness (QED) is 0.702. The van der Waals surface area contributed by atoms with Crippen molar-refractivity contribution >= 4 is 17.1 Å². The summed E-state index contributed by atoms with van der Waals surface area (Å²) in [5.41, 5.74) is 3.06. The molecule has 2 aromatic heterocycles. The fourth-order valence-corrected chi connectivity index (χ4v) is 1.82. The zero-order chi connectivity index (χ0) is 12.2. The standard InChI is InChI=1S/C14H12N4/c1-2-8-14-13(7-1)16-17-18(14)10-4-6-12-5-3-9-15-11-12/h1-9,11H,10H2/b6-4+. The lowest BCUT2D eigenvalue weighted by atomic mass is 10.2. The molecule has 0 aliphatic carbocycles. The number of benzene rings is 1. The summed E-state index contributed by atoms with van der Waals surface area (Å²) in [7, 11) is 0. The molecule has 0 saturated heterocycles. The van der Waals surface area contributed by atoms with E-state index in [0.717, 1.165) is 16.6 Å². The van der Waals surface area contributed by atoms with Crippen molar-refractivity contribution in [1.82, 2.24) is 20.0 Å². The summed E-state index contributed by atoms with van der Waals surface area (Å²) in [5, 5.41) is 8.24. The molecule has 18 heavy (non-hydrogen) atoms. The summed E-state index contributed by atoms with van der Waals surface area (Å²) in [5.74, 6) is 0. The van der Waals surface area contributed by atoms with Gasteiger partial charge in [0.1, 0.15) is 5.52 Å². The van der Waals surface area contributed by atoms with Crippen LogP contribution in [0.2, 0.25) is 0 Å². The molecule has 0 unspecified atom stereocenters. The minimum atomic E-state index is 0.704. The van der Waals surface area contributed by atoms with Gasteiger partial charge in [-0.25, -0.2) is 4.68 Å². The van der Waals surface area contributed by atoms with Crippen molar-refractivity contribution < 1.29 is 0 Å². The smallest absolute Gasteiger partial charge is 0.113 e. The Morgan fingerprint density at radius 2 is 2.06 bits per heavy atom. The molecule has 0 aliphatic heterocycles. The van der Waals surface area contributed by atoms with Crippen molar-refractivity contribution in [2.45, 2.75) is 6.54 Å². The van der Waals surface area contributed by atoms with Crippen LogP contribution in [0, 0.1) is 0 Å². The molecule has 0 fully saturated rings. The fourth-order valence-electron chi connectivity index (χ4n) is 1.82. The molecule has 0 radical (unpaired) electrons. The Morgan fingerprint density at radius 3 is 2.94 bits per heavy atom.